The summed E-state index contributed by atoms with van der Waals surface area (Å²) in [5.74, 6) is -1.84. The van der Waals surface area contributed by atoms with Gasteiger partial charge in [0.25, 0.3) is 5.91 Å². The number of carbonyl (C=O) groups is 4. The van der Waals surface area contributed by atoms with Crippen LogP contribution in [0.4, 0.5) is 8.78 Å². The number of piperazine rings is 2. The maximum atomic E-state index is 13.3. The molecule has 2 aromatic carbocycles. The summed E-state index contributed by atoms with van der Waals surface area (Å²) in [4.78, 5) is 57.7. The SMILES string of the molecule is CC(C)c1cc(-c2ccc(F)cc2)nn2cc(C(=O)N3CCNC(=O)C3(C)C)nc12.CC(C)c1cc(-c2ccc(F)cc2)nn2cc(C(=O)O)nc12.CC1(C)NCCNC1=O. The quantitative estimate of drug-likeness (QED) is 0.159. The van der Waals surface area contributed by atoms with Crippen LogP contribution in [0.25, 0.3) is 33.8 Å². The van der Waals surface area contributed by atoms with Crippen molar-refractivity contribution in [2.24, 2.45) is 0 Å². The Morgan fingerprint density at radius 2 is 1.15 bits per heavy atom. The van der Waals surface area contributed by atoms with E-state index in [0.29, 0.717) is 35.8 Å². The minimum absolute atomic E-state index is 0.0503. The van der Waals surface area contributed by atoms with Gasteiger partial charge >= 0.3 is 5.97 Å². The zero-order valence-corrected chi connectivity index (χ0v) is 35.4. The Morgan fingerprint density at radius 1 is 0.689 bits per heavy atom. The number of rotatable bonds is 6. The molecule has 15 nitrogen and oxygen atoms in total. The number of nitrogens with zero attached hydrogens (tertiary/aromatic N) is 7. The number of amides is 3. The number of carbonyl (C=O) groups excluding carboxylic acids is 3. The van der Waals surface area contributed by atoms with Crippen molar-refractivity contribution in [3.05, 3.63) is 107 Å². The van der Waals surface area contributed by atoms with Crippen LogP contribution in [-0.2, 0) is 9.59 Å². The number of aromatic carboxylic acids is 1. The van der Waals surface area contributed by atoms with Crippen LogP contribution in [0.5, 0.6) is 0 Å². The summed E-state index contributed by atoms with van der Waals surface area (Å²) in [6.07, 6.45) is 2.98. The largest absolute Gasteiger partial charge is 0.476 e. The molecule has 0 radical (unpaired) electrons. The third kappa shape index (κ3) is 9.56. The Bertz CT molecular complexity index is 2600. The molecule has 2 fully saturated rings. The molecule has 320 valence electrons. The van der Waals surface area contributed by atoms with Crippen LogP contribution in [0.1, 0.15) is 99.3 Å². The maximum Gasteiger partial charge on any atom is 0.356 e. The lowest BCUT2D eigenvalue weighted by atomic mass is 9.98. The lowest BCUT2D eigenvalue weighted by Gasteiger charge is -2.40. The van der Waals surface area contributed by atoms with E-state index in [9.17, 15) is 28.0 Å². The number of benzene rings is 2. The van der Waals surface area contributed by atoms with E-state index in [1.54, 1.807) is 53.7 Å². The predicted molar refractivity (Wildman–Crippen MR) is 225 cm³/mol. The maximum absolute atomic E-state index is 13.3. The number of nitrogens with one attached hydrogen (secondary N) is 3. The second-order valence-corrected chi connectivity index (χ2v) is 16.5. The first-order valence-electron chi connectivity index (χ1n) is 20.0. The fourth-order valence-corrected chi connectivity index (χ4v) is 6.83. The van der Waals surface area contributed by atoms with Crippen molar-refractivity contribution in [2.45, 2.75) is 78.3 Å². The average molecular weight is 837 g/mol. The molecule has 17 heteroatoms. The van der Waals surface area contributed by atoms with Gasteiger partial charge in [-0.05, 0) is 100 Å². The Labute approximate surface area is 351 Å². The molecule has 0 aliphatic carbocycles. The highest BCUT2D eigenvalue weighted by Gasteiger charge is 2.41. The second kappa shape index (κ2) is 17.5. The zero-order chi connectivity index (χ0) is 44.4. The van der Waals surface area contributed by atoms with Crippen LogP contribution in [-0.4, -0.2) is 100 Å². The molecule has 6 heterocycles. The van der Waals surface area contributed by atoms with Gasteiger partial charge in [-0.1, -0.05) is 27.7 Å². The van der Waals surface area contributed by atoms with Gasteiger partial charge in [-0.25, -0.2) is 32.6 Å². The monoisotopic (exact) mass is 836 g/mol. The van der Waals surface area contributed by atoms with Crippen LogP contribution in [0, 0.1) is 11.6 Å². The van der Waals surface area contributed by atoms with E-state index in [1.165, 1.54) is 35.0 Å². The summed E-state index contributed by atoms with van der Waals surface area (Å²) in [6.45, 7) is 17.7. The summed E-state index contributed by atoms with van der Waals surface area (Å²) in [7, 11) is 0. The molecular formula is C44H50F2N10O5. The molecule has 6 aromatic rings. The van der Waals surface area contributed by atoms with Gasteiger partial charge in [0.05, 0.1) is 29.3 Å². The number of halogens is 2. The van der Waals surface area contributed by atoms with Gasteiger partial charge in [0, 0.05) is 48.4 Å². The van der Waals surface area contributed by atoms with Gasteiger partial charge in [-0.2, -0.15) is 10.2 Å². The Hall–Kier alpha value is -6.62. The molecule has 61 heavy (non-hydrogen) atoms. The Balaban J connectivity index is 0.000000175. The number of carboxylic acids is 1. The number of fused-ring (bicyclic) bond motifs is 2. The van der Waals surface area contributed by atoms with Crippen molar-refractivity contribution < 1.29 is 33.1 Å². The summed E-state index contributed by atoms with van der Waals surface area (Å²) in [5, 5.41) is 26.7. The predicted octanol–water partition coefficient (Wildman–Crippen LogP) is 5.85. The first-order chi connectivity index (χ1) is 28.8. The normalized spacial score (nSPS) is 15.8. The fraction of sp³-hybridized carbons (Fsp3) is 0.364. The topological polar surface area (TPSA) is 188 Å². The third-order valence-corrected chi connectivity index (χ3v) is 10.5. The molecule has 4 N–H and O–H groups in total. The highest BCUT2D eigenvalue weighted by Crippen LogP contribution is 2.28. The molecule has 2 aliphatic heterocycles. The molecule has 0 saturated carbocycles. The van der Waals surface area contributed by atoms with Crippen molar-refractivity contribution in [3.63, 3.8) is 0 Å². The van der Waals surface area contributed by atoms with E-state index in [0.717, 1.165) is 35.3 Å². The van der Waals surface area contributed by atoms with Gasteiger partial charge in [0.1, 0.15) is 22.9 Å². The van der Waals surface area contributed by atoms with Crippen molar-refractivity contribution >= 4 is 35.0 Å². The molecule has 2 saturated heterocycles. The van der Waals surface area contributed by atoms with Crippen LogP contribution >= 0.6 is 0 Å². The van der Waals surface area contributed by atoms with Crippen molar-refractivity contribution in [2.75, 3.05) is 26.2 Å². The summed E-state index contributed by atoms with van der Waals surface area (Å²) >= 11 is 0. The molecule has 0 bridgehead atoms. The van der Waals surface area contributed by atoms with E-state index >= 15 is 0 Å². The first kappa shape index (κ1) is 43.9. The van der Waals surface area contributed by atoms with Gasteiger partial charge in [-0.15, -0.1) is 0 Å². The van der Waals surface area contributed by atoms with E-state index in [2.05, 4.69) is 36.1 Å². The highest BCUT2D eigenvalue weighted by atomic mass is 19.1. The van der Waals surface area contributed by atoms with Crippen molar-refractivity contribution in [1.29, 1.82) is 0 Å². The molecular weight excluding hydrogens is 787 g/mol. The molecule has 2 aliphatic rings. The number of carboxylic acid groups (broad SMARTS) is 1. The summed E-state index contributed by atoms with van der Waals surface area (Å²) < 4.78 is 29.4. The second-order valence-electron chi connectivity index (χ2n) is 16.5. The van der Waals surface area contributed by atoms with Gasteiger partial charge in [-0.3, -0.25) is 14.4 Å². The first-order valence-corrected chi connectivity index (χ1v) is 20.0. The number of hydrogen-bond acceptors (Lipinski definition) is 9. The van der Waals surface area contributed by atoms with Gasteiger partial charge in [0.2, 0.25) is 11.8 Å². The third-order valence-electron chi connectivity index (χ3n) is 10.5. The number of aromatic nitrogens is 6. The van der Waals surface area contributed by atoms with Crippen molar-refractivity contribution in [3.8, 4) is 22.5 Å². The molecule has 8 rings (SSSR count). The smallest absolute Gasteiger partial charge is 0.356 e. The molecule has 4 aromatic heterocycles. The lowest BCUT2D eigenvalue weighted by Crippen LogP contribution is -2.63. The summed E-state index contributed by atoms with van der Waals surface area (Å²) in [6, 6.07) is 15.9. The zero-order valence-electron chi connectivity index (χ0n) is 35.4. The molecule has 0 spiro atoms. The summed E-state index contributed by atoms with van der Waals surface area (Å²) in [5.41, 5.74) is 4.65. The van der Waals surface area contributed by atoms with E-state index < -0.39 is 11.5 Å². The van der Waals surface area contributed by atoms with Crippen LogP contribution in [0.2, 0.25) is 0 Å². The van der Waals surface area contributed by atoms with Crippen molar-refractivity contribution in [1.82, 2.24) is 50.0 Å². The number of hydrogen-bond donors (Lipinski definition) is 4. The number of imidazole rings is 2. The van der Waals surface area contributed by atoms with E-state index in [-0.39, 0.29) is 58.1 Å². The van der Waals surface area contributed by atoms with Crippen LogP contribution in [0.3, 0.4) is 0 Å². The molecule has 3 amide bonds. The minimum Gasteiger partial charge on any atom is -0.476 e. The van der Waals surface area contributed by atoms with E-state index in [4.69, 9.17) is 5.11 Å². The van der Waals surface area contributed by atoms with Gasteiger partial charge in [0.15, 0.2) is 17.0 Å². The van der Waals surface area contributed by atoms with Crippen LogP contribution in [0.15, 0.2) is 73.1 Å². The Morgan fingerprint density at radius 3 is 1.57 bits per heavy atom. The average Bonchev–Trinajstić information content (AvgIpc) is 3.85. The molecule has 0 atom stereocenters. The fourth-order valence-electron chi connectivity index (χ4n) is 6.83. The van der Waals surface area contributed by atoms with E-state index in [1.807, 2.05) is 53.7 Å². The van der Waals surface area contributed by atoms with Gasteiger partial charge < -0.3 is 26.0 Å². The highest BCUT2D eigenvalue weighted by molar-refractivity contribution is 5.99. The minimum atomic E-state index is -1.09. The van der Waals surface area contributed by atoms with Crippen LogP contribution < -0.4 is 16.0 Å². The lowest BCUT2D eigenvalue weighted by molar-refractivity contribution is -0.133. The standard InChI is InChI=1S/C22H24FN5O2.C16H14FN3O2.C6H12N2O/c1-13(2)16-11-17(14-5-7-15(23)8-6-14)26-28-12-18(25-19(16)28)20(29)27-10-9-24-21(30)22(27,3)4;1-9(2)12-7-13(10-3-5-11(17)6-4-10)19-20-8-14(16(21)22)18-15(12)20;1-6(2)5(9)7-3-4-8-6/h5-8,11-13H,9-10H2,1-4H3,(H,24,30);3-9H,1-2H3,(H,21,22);8H,3-4H2,1-2H3,(H,7,9). The Kier molecular flexibility index (Phi) is 12.6. The molecule has 0 unspecified atom stereocenters.